The third-order valence-electron chi connectivity index (χ3n) is 2.27. The number of hydrogen-bond donors (Lipinski definition) is 0. The normalized spacial score (nSPS) is 26.6. The number of likely N-dealkylation sites (N-methyl/N-ethyl adjacent to an activating group) is 1. The maximum atomic E-state index is 13.0. The van der Waals surface area contributed by atoms with Gasteiger partial charge in [0.2, 0.25) is 5.83 Å². The number of nitrogens with zero attached hydrogens (tertiary/aromatic N) is 1. The SMILES string of the molecule is CN1CCCC1C(F)=C(F)C(F)(F)F. The Hall–Kier alpha value is -0.650. The molecule has 1 aliphatic heterocycles. The molecule has 1 rings (SSSR count). The maximum absolute atomic E-state index is 13.0. The molecule has 0 bridgehead atoms. The first kappa shape index (κ1) is 11.4. The van der Waals surface area contributed by atoms with Gasteiger partial charge in [0.15, 0.2) is 5.83 Å². The van der Waals surface area contributed by atoms with E-state index in [1.54, 1.807) is 0 Å². The Bertz CT molecular complexity index is 245. The number of allylic oxidation sites excluding steroid dienone is 1. The number of hydrogen-bond acceptors (Lipinski definition) is 1. The summed E-state index contributed by atoms with van der Waals surface area (Å²) in [5, 5.41) is 0. The topological polar surface area (TPSA) is 3.24 Å². The molecule has 0 aromatic carbocycles. The van der Waals surface area contributed by atoms with Crippen LogP contribution in [0.25, 0.3) is 0 Å². The van der Waals surface area contributed by atoms with E-state index in [0.717, 1.165) is 0 Å². The van der Waals surface area contributed by atoms with E-state index < -0.39 is 23.9 Å². The molecule has 0 N–H and O–H groups in total. The lowest BCUT2D eigenvalue weighted by Crippen LogP contribution is -2.27. The van der Waals surface area contributed by atoms with Gasteiger partial charge in [0.05, 0.1) is 6.04 Å². The molecule has 1 saturated heterocycles. The molecule has 1 unspecified atom stereocenters. The minimum atomic E-state index is -5.21. The van der Waals surface area contributed by atoms with E-state index in [4.69, 9.17) is 0 Å². The molecule has 82 valence electrons. The van der Waals surface area contributed by atoms with Crippen molar-refractivity contribution in [1.29, 1.82) is 0 Å². The Morgan fingerprint density at radius 3 is 2.21 bits per heavy atom. The van der Waals surface area contributed by atoms with Gasteiger partial charge in [-0.15, -0.1) is 0 Å². The van der Waals surface area contributed by atoms with Gasteiger partial charge < -0.3 is 0 Å². The summed E-state index contributed by atoms with van der Waals surface area (Å²) in [6.45, 7) is 0.489. The lowest BCUT2D eigenvalue weighted by molar-refractivity contribution is -0.112. The highest BCUT2D eigenvalue weighted by molar-refractivity contribution is 5.13. The second-order valence-corrected chi connectivity index (χ2v) is 3.30. The molecule has 0 aromatic rings. The zero-order chi connectivity index (χ0) is 10.9. The molecule has 1 heterocycles. The van der Waals surface area contributed by atoms with E-state index in [2.05, 4.69) is 0 Å². The van der Waals surface area contributed by atoms with Crippen molar-refractivity contribution in [2.24, 2.45) is 0 Å². The molecular weight excluding hydrogens is 205 g/mol. The average Bonchev–Trinajstić information content (AvgIpc) is 2.47. The molecule has 1 atom stereocenters. The highest BCUT2D eigenvalue weighted by Crippen LogP contribution is 2.34. The van der Waals surface area contributed by atoms with Crippen molar-refractivity contribution in [2.45, 2.75) is 25.1 Å². The van der Waals surface area contributed by atoms with Crippen molar-refractivity contribution in [3.8, 4) is 0 Å². The molecule has 1 aliphatic rings. The molecule has 0 aliphatic carbocycles. The standard InChI is InChI=1S/C8H10F5N/c1-14-4-2-3-5(14)6(9)7(10)8(11,12)13/h5H,2-4H2,1H3. The van der Waals surface area contributed by atoms with Crippen LogP contribution in [0.4, 0.5) is 22.0 Å². The minimum absolute atomic E-state index is 0.228. The largest absolute Gasteiger partial charge is 0.445 e. The van der Waals surface area contributed by atoms with Crippen LogP contribution in [0.1, 0.15) is 12.8 Å². The van der Waals surface area contributed by atoms with Gasteiger partial charge in [-0.05, 0) is 26.4 Å². The second kappa shape index (κ2) is 3.84. The summed E-state index contributed by atoms with van der Waals surface area (Å²) in [7, 11) is 1.47. The molecular formula is C8H10F5N. The van der Waals surface area contributed by atoms with Gasteiger partial charge in [-0.2, -0.15) is 17.6 Å². The Morgan fingerprint density at radius 2 is 1.86 bits per heavy atom. The lowest BCUT2D eigenvalue weighted by atomic mass is 10.2. The van der Waals surface area contributed by atoms with E-state index in [1.807, 2.05) is 0 Å². The summed E-state index contributed by atoms with van der Waals surface area (Å²) in [5.74, 6) is -4.30. The quantitative estimate of drug-likeness (QED) is 0.608. The highest BCUT2D eigenvalue weighted by Gasteiger charge is 2.41. The average molecular weight is 215 g/mol. The van der Waals surface area contributed by atoms with Crippen LogP contribution < -0.4 is 0 Å². The summed E-state index contributed by atoms with van der Waals surface area (Å²) in [5.41, 5.74) is 0. The number of likely N-dealkylation sites (tertiary alicyclic amines) is 1. The van der Waals surface area contributed by atoms with Gasteiger partial charge in [-0.25, -0.2) is 4.39 Å². The third-order valence-corrected chi connectivity index (χ3v) is 2.27. The monoisotopic (exact) mass is 215 g/mol. The van der Waals surface area contributed by atoms with E-state index in [1.165, 1.54) is 11.9 Å². The molecule has 1 nitrogen and oxygen atoms in total. The first-order chi connectivity index (χ1) is 6.34. The Kier molecular flexibility index (Phi) is 3.14. The molecule has 0 spiro atoms. The van der Waals surface area contributed by atoms with Crippen LogP contribution in [0, 0.1) is 0 Å². The lowest BCUT2D eigenvalue weighted by Gasteiger charge is -2.18. The maximum Gasteiger partial charge on any atom is 0.445 e. The van der Waals surface area contributed by atoms with Crippen LogP contribution in [-0.4, -0.2) is 30.7 Å². The third kappa shape index (κ3) is 2.23. The second-order valence-electron chi connectivity index (χ2n) is 3.30. The number of alkyl halides is 3. The summed E-state index contributed by atoms with van der Waals surface area (Å²) >= 11 is 0. The fraction of sp³-hybridized carbons (Fsp3) is 0.750. The minimum Gasteiger partial charge on any atom is -0.297 e. The first-order valence-electron chi connectivity index (χ1n) is 4.16. The fourth-order valence-electron chi connectivity index (χ4n) is 1.51. The van der Waals surface area contributed by atoms with Crippen LogP contribution >= 0.6 is 0 Å². The van der Waals surface area contributed by atoms with Crippen LogP contribution in [0.5, 0.6) is 0 Å². The van der Waals surface area contributed by atoms with Gasteiger partial charge in [-0.3, -0.25) is 4.90 Å². The summed E-state index contributed by atoms with van der Waals surface area (Å²) in [4.78, 5) is 1.38. The molecule has 6 heteroatoms. The predicted molar refractivity (Wildman–Crippen MR) is 40.9 cm³/mol. The van der Waals surface area contributed by atoms with E-state index >= 15 is 0 Å². The van der Waals surface area contributed by atoms with Crippen LogP contribution in [0.3, 0.4) is 0 Å². The molecule has 1 fully saturated rings. The van der Waals surface area contributed by atoms with E-state index in [-0.39, 0.29) is 6.42 Å². The van der Waals surface area contributed by atoms with Crippen molar-refractivity contribution in [3.05, 3.63) is 11.7 Å². The van der Waals surface area contributed by atoms with Crippen LogP contribution in [-0.2, 0) is 0 Å². The smallest absolute Gasteiger partial charge is 0.297 e. The van der Waals surface area contributed by atoms with Gasteiger partial charge in [0.1, 0.15) is 0 Å². The van der Waals surface area contributed by atoms with Crippen molar-refractivity contribution in [1.82, 2.24) is 4.90 Å². The molecule has 0 saturated carbocycles. The van der Waals surface area contributed by atoms with Crippen molar-refractivity contribution in [2.75, 3.05) is 13.6 Å². The molecule has 0 radical (unpaired) electrons. The Balaban J connectivity index is 2.86. The zero-order valence-corrected chi connectivity index (χ0v) is 7.54. The Labute approximate surface area is 78.2 Å². The number of halogens is 5. The molecule has 14 heavy (non-hydrogen) atoms. The summed E-state index contributed by atoms with van der Waals surface area (Å²) < 4.78 is 60.8. The first-order valence-corrected chi connectivity index (χ1v) is 4.16. The number of rotatable bonds is 1. The molecule has 0 aromatic heterocycles. The van der Waals surface area contributed by atoms with E-state index in [0.29, 0.717) is 13.0 Å². The van der Waals surface area contributed by atoms with Gasteiger partial charge >= 0.3 is 6.18 Å². The summed E-state index contributed by atoms with van der Waals surface area (Å²) in [6.07, 6.45) is -4.40. The Morgan fingerprint density at radius 1 is 1.29 bits per heavy atom. The van der Waals surface area contributed by atoms with Crippen molar-refractivity contribution < 1.29 is 22.0 Å². The van der Waals surface area contributed by atoms with Gasteiger partial charge in [-0.1, -0.05) is 0 Å². The summed E-state index contributed by atoms with van der Waals surface area (Å²) in [6, 6.07) is -1.06. The van der Waals surface area contributed by atoms with Crippen molar-refractivity contribution >= 4 is 0 Å². The fourth-order valence-corrected chi connectivity index (χ4v) is 1.51. The van der Waals surface area contributed by atoms with Crippen molar-refractivity contribution in [3.63, 3.8) is 0 Å². The molecule has 0 amide bonds. The van der Waals surface area contributed by atoms with Crippen LogP contribution in [0.2, 0.25) is 0 Å². The van der Waals surface area contributed by atoms with E-state index in [9.17, 15) is 22.0 Å². The van der Waals surface area contributed by atoms with Gasteiger partial charge in [0, 0.05) is 0 Å². The predicted octanol–water partition coefficient (Wildman–Crippen LogP) is 2.79. The van der Waals surface area contributed by atoms with Gasteiger partial charge in [0.25, 0.3) is 0 Å². The zero-order valence-electron chi connectivity index (χ0n) is 7.54. The van der Waals surface area contributed by atoms with Crippen LogP contribution in [0.15, 0.2) is 11.7 Å². The highest BCUT2D eigenvalue weighted by atomic mass is 19.4.